The molecule has 2 rings (SSSR count). The predicted octanol–water partition coefficient (Wildman–Crippen LogP) is 1.45. The lowest BCUT2D eigenvalue weighted by Gasteiger charge is -2.24. The minimum atomic E-state index is -4.48. The van der Waals surface area contributed by atoms with Gasteiger partial charge in [0.25, 0.3) is 0 Å². The van der Waals surface area contributed by atoms with Gasteiger partial charge in [-0.1, -0.05) is 0 Å². The lowest BCUT2D eigenvalue weighted by Crippen LogP contribution is -2.30. The summed E-state index contributed by atoms with van der Waals surface area (Å²) in [5.74, 6) is -0.156. The largest absolute Gasteiger partial charge is 0.421 e. The van der Waals surface area contributed by atoms with Crippen LogP contribution in [0.3, 0.4) is 0 Å². The molecule has 0 bridgehead atoms. The van der Waals surface area contributed by atoms with Crippen molar-refractivity contribution in [1.82, 2.24) is 9.97 Å². The highest BCUT2D eigenvalue weighted by Gasteiger charge is 2.39. The molecule has 1 saturated heterocycles. The van der Waals surface area contributed by atoms with Crippen LogP contribution in [0.1, 0.15) is 18.9 Å². The highest BCUT2D eigenvalue weighted by molar-refractivity contribution is 5.49. The number of β-amino-alcohol motifs (C(OH)–C–C–N with tert-alkyl or cyclic N) is 1. The van der Waals surface area contributed by atoms with E-state index in [1.165, 1.54) is 4.90 Å². The van der Waals surface area contributed by atoms with Crippen molar-refractivity contribution in [2.45, 2.75) is 31.7 Å². The van der Waals surface area contributed by atoms with E-state index in [1.807, 2.05) is 0 Å². The van der Waals surface area contributed by atoms with E-state index in [0.29, 0.717) is 6.42 Å². The fraction of sp³-hybridized carbons (Fsp3) is 0.600. The van der Waals surface area contributed by atoms with Crippen LogP contribution in [0.2, 0.25) is 0 Å². The fourth-order valence-corrected chi connectivity index (χ4v) is 2.05. The van der Waals surface area contributed by atoms with Crippen molar-refractivity contribution in [2.75, 3.05) is 11.4 Å². The number of halogens is 3. The third-order valence-electron chi connectivity index (χ3n) is 2.82. The summed E-state index contributed by atoms with van der Waals surface area (Å²) >= 11 is 0. The third kappa shape index (κ3) is 2.33. The first-order valence-corrected chi connectivity index (χ1v) is 5.21. The van der Waals surface area contributed by atoms with Crippen LogP contribution in [0.15, 0.2) is 12.5 Å². The monoisotopic (exact) mass is 247 g/mol. The summed E-state index contributed by atoms with van der Waals surface area (Å²) in [4.78, 5) is 8.57. The summed E-state index contributed by atoms with van der Waals surface area (Å²) in [5.41, 5.74) is -0.860. The molecule has 1 fully saturated rings. The Hall–Kier alpha value is -1.37. The first-order valence-electron chi connectivity index (χ1n) is 5.21. The van der Waals surface area contributed by atoms with Gasteiger partial charge in [-0.2, -0.15) is 13.2 Å². The van der Waals surface area contributed by atoms with Crippen molar-refractivity contribution in [3.63, 3.8) is 0 Å². The zero-order valence-corrected chi connectivity index (χ0v) is 9.15. The number of alkyl halides is 3. The molecule has 0 amide bonds. The number of anilines is 1. The Morgan fingerprint density at radius 1 is 1.47 bits per heavy atom. The average Bonchev–Trinajstić information content (AvgIpc) is 2.56. The SMILES string of the molecule is C[C@H]1C[C@@H](O)CN1c1ncncc1C(F)(F)F. The Kier molecular flexibility index (Phi) is 2.94. The molecule has 1 aliphatic heterocycles. The van der Waals surface area contributed by atoms with Gasteiger partial charge in [-0.05, 0) is 13.3 Å². The second kappa shape index (κ2) is 4.14. The molecule has 0 aliphatic carbocycles. The molecule has 2 heterocycles. The number of hydrogen-bond acceptors (Lipinski definition) is 4. The van der Waals surface area contributed by atoms with Crippen LogP contribution in [-0.2, 0) is 6.18 Å². The van der Waals surface area contributed by atoms with E-state index >= 15 is 0 Å². The van der Waals surface area contributed by atoms with Gasteiger partial charge >= 0.3 is 6.18 Å². The van der Waals surface area contributed by atoms with Crippen molar-refractivity contribution in [1.29, 1.82) is 0 Å². The smallest absolute Gasteiger partial charge is 0.391 e. The van der Waals surface area contributed by atoms with Crippen LogP contribution in [0.25, 0.3) is 0 Å². The van der Waals surface area contributed by atoms with Gasteiger partial charge in [0.05, 0.1) is 6.10 Å². The van der Waals surface area contributed by atoms with Gasteiger partial charge in [-0.3, -0.25) is 0 Å². The lowest BCUT2D eigenvalue weighted by molar-refractivity contribution is -0.137. The average molecular weight is 247 g/mol. The molecule has 1 aromatic heterocycles. The molecule has 1 N–H and O–H groups in total. The van der Waals surface area contributed by atoms with Crippen molar-refractivity contribution < 1.29 is 18.3 Å². The second-order valence-corrected chi connectivity index (χ2v) is 4.15. The van der Waals surface area contributed by atoms with Crippen molar-refractivity contribution in [3.8, 4) is 0 Å². The van der Waals surface area contributed by atoms with E-state index < -0.39 is 17.8 Å². The van der Waals surface area contributed by atoms with Crippen LogP contribution in [0.4, 0.5) is 19.0 Å². The molecule has 1 aliphatic rings. The molecule has 0 aromatic carbocycles. The van der Waals surface area contributed by atoms with Gasteiger partial charge in [0.15, 0.2) is 0 Å². The van der Waals surface area contributed by atoms with E-state index in [4.69, 9.17) is 0 Å². The number of aliphatic hydroxyl groups is 1. The van der Waals surface area contributed by atoms with E-state index in [2.05, 4.69) is 9.97 Å². The van der Waals surface area contributed by atoms with Crippen LogP contribution in [-0.4, -0.2) is 33.8 Å². The summed E-state index contributed by atoms with van der Waals surface area (Å²) in [6, 6.07) is -0.166. The van der Waals surface area contributed by atoms with Crippen molar-refractivity contribution in [3.05, 3.63) is 18.1 Å². The molecule has 7 heteroatoms. The standard InChI is InChI=1S/C10H12F3N3O/c1-6-2-7(17)4-16(6)9-8(10(11,12)13)3-14-5-15-9/h3,5-7,17H,2,4H2,1H3/t6-,7+/m0/s1. The van der Waals surface area contributed by atoms with Crippen LogP contribution in [0, 0.1) is 0 Å². The van der Waals surface area contributed by atoms with Gasteiger partial charge in [-0.25, -0.2) is 9.97 Å². The van der Waals surface area contributed by atoms with Gasteiger partial charge in [0.2, 0.25) is 0 Å². The topological polar surface area (TPSA) is 49.2 Å². The molecule has 1 aromatic rings. The third-order valence-corrected chi connectivity index (χ3v) is 2.82. The Bertz CT molecular complexity index is 410. The number of rotatable bonds is 1. The Morgan fingerprint density at radius 3 is 2.71 bits per heavy atom. The molecule has 0 saturated carbocycles. The Labute approximate surface area is 96.1 Å². The zero-order valence-electron chi connectivity index (χ0n) is 9.15. The number of nitrogens with zero attached hydrogens (tertiary/aromatic N) is 3. The molecular weight excluding hydrogens is 235 g/mol. The highest BCUT2D eigenvalue weighted by atomic mass is 19.4. The quantitative estimate of drug-likeness (QED) is 0.816. The summed E-state index contributed by atoms with van der Waals surface area (Å²) < 4.78 is 38.3. The maximum Gasteiger partial charge on any atom is 0.421 e. The van der Waals surface area contributed by atoms with Crippen molar-refractivity contribution >= 4 is 5.82 Å². The highest BCUT2D eigenvalue weighted by Crippen LogP contribution is 2.36. The second-order valence-electron chi connectivity index (χ2n) is 4.15. The molecule has 17 heavy (non-hydrogen) atoms. The zero-order chi connectivity index (χ0) is 12.6. The first kappa shape index (κ1) is 12.1. The molecule has 4 nitrogen and oxygen atoms in total. The maximum absolute atomic E-state index is 12.8. The van der Waals surface area contributed by atoms with Gasteiger partial charge in [0, 0.05) is 18.8 Å². The minimum absolute atomic E-state index is 0.156. The Morgan fingerprint density at radius 2 is 2.18 bits per heavy atom. The molecule has 0 spiro atoms. The van der Waals surface area contributed by atoms with Gasteiger partial charge in [-0.15, -0.1) is 0 Å². The van der Waals surface area contributed by atoms with Crippen LogP contribution < -0.4 is 4.90 Å². The van der Waals surface area contributed by atoms with Crippen molar-refractivity contribution in [2.24, 2.45) is 0 Å². The minimum Gasteiger partial charge on any atom is -0.391 e. The number of hydrogen-bond donors (Lipinski definition) is 1. The first-order chi connectivity index (χ1) is 7.89. The molecular formula is C10H12F3N3O. The summed E-state index contributed by atoms with van der Waals surface area (Å²) in [7, 11) is 0. The van der Waals surface area contributed by atoms with Gasteiger partial charge in [0.1, 0.15) is 17.7 Å². The van der Waals surface area contributed by atoms with E-state index in [-0.39, 0.29) is 18.4 Å². The molecule has 0 radical (unpaired) electrons. The van der Waals surface area contributed by atoms with Crippen LogP contribution in [0.5, 0.6) is 0 Å². The van der Waals surface area contributed by atoms with E-state index in [9.17, 15) is 18.3 Å². The maximum atomic E-state index is 12.8. The number of aliphatic hydroxyl groups excluding tert-OH is 1. The number of aromatic nitrogens is 2. The molecule has 94 valence electrons. The van der Waals surface area contributed by atoms with Gasteiger partial charge < -0.3 is 10.0 Å². The van der Waals surface area contributed by atoms with Crippen LogP contribution >= 0.6 is 0 Å². The van der Waals surface area contributed by atoms with E-state index in [0.717, 1.165) is 12.5 Å². The van der Waals surface area contributed by atoms with E-state index in [1.54, 1.807) is 6.92 Å². The summed E-state index contributed by atoms with van der Waals surface area (Å²) in [5, 5.41) is 9.46. The summed E-state index contributed by atoms with van der Waals surface area (Å²) in [6.07, 6.45) is -2.80. The lowest BCUT2D eigenvalue weighted by atomic mass is 10.2. The fourth-order valence-electron chi connectivity index (χ4n) is 2.05. The molecule has 2 atom stereocenters. The normalized spacial score (nSPS) is 25.4. The predicted molar refractivity (Wildman–Crippen MR) is 54.5 cm³/mol. The molecule has 0 unspecified atom stereocenters. The Balaban J connectivity index is 2.39. The summed E-state index contributed by atoms with van der Waals surface area (Å²) in [6.45, 7) is 1.93.